The van der Waals surface area contributed by atoms with Gasteiger partial charge in [0.1, 0.15) is 28.7 Å². The number of benzene rings is 3. The van der Waals surface area contributed by atoms with Gasteiger partial charge in [-0.15, -0.1) is 5.10 Å². The van der Waals surface area contributed by atoms with Crippen LogP contribution in [0.3, 0.4) is 0 Å². The van der Waals surface area contributed by atoms with Gasteiger partial charge < -0.3 is 15.2 Å². The number of carbonyl (C=O) groups excluding carboxylic acids is 1. The van der Waals surface area contributed by atoms with Crippen molar-refractivity contribution in [3.8, 4) is 5.75 Å². The van der Waals surface area contributed by atoms with E-state index in [4.69, 9.17) is 4.74 Å². The van der Waals surface area contributed by atoms with Crippen molar-refractivity contribution in [3.63, 3.8) is 0 Å². The normalized spacial score (nSPS) is 17.1. The summed E-state index contributed by atoms with van der Waals surface area (Å²) in [6, 6.07) is 16.6. The monoisotopic (exact) mass is 647 g/mol. The molecule has 1 amide bonds. The zero-order valence-corrected chi connectivity index (χ0v) is 27.9. The molecule has 2 N–H and O–H groups in total. The lowest BCUT2D eigenvalue weighted by Crippen LogP contribution is -2.49. The first-order chi connectivity index (χ1) is 21.8. The SMILES string of the molecule is CC[C@@H]1CN(Cc2cc([C@@H](c3ccc4c(nnn4CC)c3C)C(C)(C)NC(=O)CC(=O)O)ccc2C)S(=O)(=O)c2ccccc2O1. The molecule has 0 spiro atoms. The molecular formula is C34H41N5O6S. The Morgan fingerprint density at radius 3 is 2.54 bits per heavy atom. The molecule has 0 fully saturated rings. The highest BCUT2D eigenvalue weighted by molar-refractivity contribution is 7.89. The smallest absolute Gasteiger partial charge is 0.312 e. The summed E-state index contributed by atoms with van der Waals surface area (Å²) in [7, 11) is -3.87. The Hall–Kier alpha value is -4.29. The van der Waals surface area contributed by atoms with E-state index in [2.05, 4.69) is 15.6 Å². The van der Waals surface area contributed by atoms with Gasteiger partial charge in [0, 0.05) is 24.5 Å². The van der Waals surface area contributed by atoms with Crippen LogP contribution >= 0.6 is 0 Å². The van der Waals surface area contributed by atoms with E-state index in [9.17, 15) is 23.1 Å². The lowest BCUT2D eigenvalue weighted by molar-refractivity contribution is -0.141. The van der Waals surface area contributed by atoms with Crippen LogP contribution in [0.2, 0.25) is 0 Å². The number of sulfonamides is 1. The van der Waals surface area contributed by atoms with Gasteiger partial charge in [-0.3, -0.25) is 9.59 Å². The molecule has 0 saturated carbocycles. The highest BCUT2D eigenvalue weighted by Gasteiger charge is 2.37. The summed E-state index contributed by atoms with van der Waals surface area (Å²) in [6.07, 6.45) is -0.340. The molecule has 46 heavy (non-hydrogen) atoms. The lowest BCUT2D eigenvalue weighted by Gasteiger charge is -2.37. The fraction of sp³-hybridized carbons (Fsp3) is 0.412. The minimum absolute atomic E-state index is 0.123. The number of carboxylic acids is 1. The Morgan fingerprint density at radius 1 is 1.11 bits per heavy atom. The summed E-state index contributed by atoms with van der Waals surface area (Å²) in [4.78, 5) is 24.3. The number of hydrogen-bond donors (Lipinski definition) is 2. The molecule has 2 heterocycles. The van der Waals surface area contributed by atoms with E-state index in [-0.39, 0.29) is 24.1 Å². The average molecular weight is 648 g/mol. The molecule has 244 valence electrons. The molecule has 0 bridgehead atoms. The van der Waals surface area contributed by atoms with Gasteiger partial charge in [0.25, 0.3) is 0 Å². The van der Waals surface area contributed by atoms with Crippen LogP contribution in [0, 0.1) is 13.8 Å². The summed E-state index contributed by atoms with van der Waals surface area (Å²) in [5.74, 6) is -1.92. The first-order valence-corrected chi connectivity index (χ1v) is 16.9. The zero-order chi connectivity index (χ0) is 33.4. The number of fused-ring (bicyclic) bond motifs is 2. The van der Waals surface area contributed by atoms with Gasteiger partial charge >= 0.3 is 5.97 Å². The van der Waals surface area contributed by atoms with Crippen molar-refractivity contribution in [1.29, 1.82) is 0 Å². The predicted molar refractivity (Wildman–Crippen MR) is 174 cm³/mol. The van der Waals surface area contributed by atoms with E-state index in [1.54, 1.807) is 24.3 Å². The van der Waals surface area contributed by atoms with Crippen LogP contribution in [-0.2, 0) is 32.7 Å². The number of aryl methyl sites for hydroxylation is 3. The van der Waals surface area contributed by atoms with Gasteiger partial charge in [-0.2, -0.15) is 4.31 Å². The molecule has 0 unspecified atom stereocenters. The van der Waals surface area contributed by atoms with Crippen molar-refractivity contribution >= 4 is 32.9 Å². The number of para-hydroxylation sites is 1. The number of nitrogens with zero attached hydrogens (tertiary/aromatic N) is 4. The van der Waals surface area contributed by atoms with Crippen LogP contribution < -0.4 is 10.1 Å². The molecule has 0 saturated heterocycles. The van der Waals surface area contributed by atoms with Gasteiger partial charge in [-0.25, -0.2) is 13.1 Å². The molecule has 1 aromatic heterocycles. The number of hydrogen-bond acceptors (Lipinski definition) is 7. The van der Waals surface area contributed by atoms with Crippen molar-refractivity contribution in [2.24, 2.45) is 0 Å². The molecular weight excluding hydrogens is 606 g/mol. The summed E-state index contributed by atoms with van der Waals surface area (Å²) < 4.78 is 37.3. The summed E-state index contributed by atoms with van der Waals surface area (Å²) in [5.41, 5.74) is 5.01. The number of carboxylic acid groups (broad SMARTS) is 1. The Kier molecular flexibility index (Phi) is 9.23. The van der Waals surface area contributed by atoms with Crippen LogP contribution in [0.4, 0.5) is 0 Å². The van der Waals surface area contributed by atoms with Gasteiger partial charge in [0.15, 0.2) is 0 Å². The first-order valence-electron chi connectivity index (χ1n) is 15.5. The van der Waals surface area contributed by atoms with Crippen LogP contribution in [-0.4, -0.2) is 62.9 Å². The Morgan fingerprint density at radius 2 is 1.85 bits per heavy atom. The standard InChI is InChI=1S/C34H41N5O6S/c1-7-25-20-38(46(43,44)29-12-10-9-11-28(29)45-25)19-24-17-23(14-13-21(24)3)32(34(5,6)35-30(40)18-31(41)42)26-15-16-27-33(22(26)4)36-37-39(27)8-2/h9-17,25,32H,7-8,18-20H2,1-6H3,(H,35,40)(H,41,42)/t25-,32+/m1/s1. The number of rotatable bonds is 10. The molecule has 3 aromatic carbocycles. The first kappa shape index (κ1) is 33.1. The third-order valence-electron chi connectivity index (χ3n) is 8.76. The molecule has 2 atom stereocenters. The minimum atomic E-state index is -3.87. The highest BCUT2D eigenvalue weighted by Crippen LogP contribution is 2.40. The van der Waals surface area contributed by atoms with E-state index in [0.717, 1.165) is 38.9 Å². The second kappa shape index (κ2) is 12.8. The van der Waals surface area contributed by atoms with Crippen molar-refractivity contribution < 1.29 is 27.9 Å². The third kappa shape index (κ3) is 6.36. The average Bonchev–Trinajstić information content (AvgIpc) is 3.38. The quantitative estimate of drug-likeness (QED) is 0.231. The Bertz CT molecular complexity index is 1900. The molecule has 4 aromatic rings. The topological polar surface area (TPSA) is 144 Å². The Labute approximate surface area is 269 Å². The fourth-order valence-corrected chi connectivity index (χ4v) is 7.93. The molecule has 11 nitrogen and oxygen atoms in total. The molecule has 0 aliphatic carbocycles. The van der Waals surface area contributed by atoms with E-state index in [1.165, 1.54) is 4.31 Å². The van der Waals surface area contributed by atoms with Crippen molar-refractivity contribution in [3.05, 3.63) is 82.4 Å². The van der Waals surface area contributed by atoms with Gasteiger partial charge in [-0.05, 0) is 87.1 Å². The maximum Gasteiger partial charge on any atom is 0.312 e. The summed E-state index contributed by atoms with van der Waals surface area (Å²) in [6.45, 7) is 12.6. The zero-order valence-electron chi connectivity index (χ0n) is 27.1. The van der Waals surface area contributed by atoms with Gasteiger partial charge in [0.2, 0.25) is 15.9 Å². The number of amides is 1. The minimum Gasteiger partial charge on any atom is -0.488 e. The fourth-order valence-electron chi connectivity index (χ4n) is 6.36. The van der Waals surface area contributed by atoms with E-state index in [1.807, 2.05) is 76.6 Å². The number of ether oxygens (including phenoxy) is 1. The molecule has 0 radical (unpaired) electrons. The van der Waals surface area contributed by atoms with Gasteiger partial charge in [0.05, 0.1) is 12.1 Å². The van der Waals surface area contributed by atoms with Crippen LogP contribution in [0.15, 0.2) is 59.5 Å². The van der Waals surface area contributed by atoms with Crippen LogP contribution in [0.5, 0.6) is 5.75 Å². The molecule has 1 aliphatic heterocycles. The number of aliphatic carboxylic acids is 1. The number of aromatic nitrogens is 3. The van der Waals surface area contributed by atoms with Crippen molar-refractivity contribution in [2.45, 2.75) is 89.9 Å². The third-order valence-corrected chi connectivity index (χ3v) is 10.6. The van der Waals surface area contributed by atoms with Crippen LogP contribution in [0.25, 0.3) is 11.0 Å². The second-order valence-electron chi connectivity index (χ2n) is 12.4. The van der Waals surface area contributed by atoms with E-state index in [0.29, 0.717) is 18.7 Å². The predicted octanol–water partition coefficient (Wildman–Crippen LogP) is 4.93. The molecule has 5 rings (SSSR count). The second-order valence-corrected chi connectivity index (χ2v) is 14.3. The lowest BCUT2D eigenvalue weighted by atomic mass is 9.74. The maximum atomic E-state index is 13.9. The van der Waals surface area contributed by atoms with Gasteiger partial charge in [-0.1, -0.05) is 48.5 Å². The molecule has 12 heteroatoms. The molecule has 1 aliphatic rings. The highest BCUT2D eigenvalue weighted by atomic mass is 32.2. The number of nitrogens with one attached hydrogen (secondary N) is 1. The maximum absolute atomic E-state index is 13.9. The van der Waals surface area contributed by atoms with Crippen molar-refractivity contribution in [1.82, 2.24) is 24.6 Å². The van der Waals surface area contributed by atoms with E-state index < -0.39 is 39.8 Å². The Balaban J connectivity index is 1.62. The summed E-state index contributed by atoms with van der Waals surface area (Å²) >= 11 is 0. The summed E-state index contributed by atoms with van der Waals surface area (Å²) in [5, 5.41) is 21.0. The van der Waals surface area contributed by atoms with E-state index >= 15 is 0 Å². The van der Waals surface area contributed by atoms with Crippen molar-refractivity contribution in [2.75, 3.05) is 6.54 Å². The van der Waals surface area contributed by atoms with Crippen LogP contribution in [0.1, 0.15) is 74.3 Å². The largest absolute Gasteiger partial charge is 0.488 e. The number of carbonyl (C=O) groups is 2.